The Kier molecular flexibility index (Phi) is 5.99. The molecule has 0 fully saturated rings. The fraction of sp³-hybridized carbons (Fsp3) is 0.533. The highest BCUT2D eigenvalue weighted by molar-refractivity contribution is 5.99. The topological polar surface area (TPSA) is 43.8 Å². The second-order valence-corrected chi connectivity index (χ2v) is 4.81. The molecule has 0 aliphatic rings. The van der Waals surface area contributed by atoms with Crippen LogP contribution in [0.2, 0.25) is 0 Å². The monoisotopic (exact) mass is 264 g/mol. The van der Waals surface area contributed by atoms with E-state index < -0.39 is 6.10 Å². The lowest BCUT2D eigenvalue weighted by atomic mass is 10.1. The number of hydrogen-bond acceptors (Lipinski definition) is 4. The molecule has 0 aliphatic heterocycles. The Balaban J connectivity index is 2.71. The fourth-order valence-electron chi connectivity index (χ4n) is 1.93. The van der Waals surface area contributed by atoms with E-state index in [1.807, 2.05) is 49.9 Å². The molecule has 1 aromatic carbocycles. The predicted octanol–water partition coefficient (Wildman–Crippen LogP) is 1.64. The van der Waals surface area contributed by atoms with E-state index in [-0.39, 0.29) is 5.78 Å². The van der Waals surface area contributed by atoms with Gasteiger partial charge >= 0.3 is 0 Å². The highest BCUT2D eigenvalue weighted by Gasteiger charge is 2.19. The van der Waals surface area contributed by atoms with Crippen LogP contribution < -0.4 is 4.90 Å². The molecule has 0 heterocycles. The summed E-state index contributed by atoms with van der Waals surface area (Å²) in [6.07, 6.45) is -0.954. The number of rotatable bonds is 7. The van der Waals surface area contributed by atoms with Gasteiger partial charge in [0.2, 0.25) is 0 Å². The van der Waals surface area contributed by atoms with Crippen molar-refractivity contribution in [1.82, 2.24) is 4.90 Å². The number of carbonyl (C=O) groups is 1. The van der Waals surface area contributed by atoms with E-state index >= 15 is 0 Å². The highest BCUT2D eigenvalue weighted by Crippen LogP contribution is 2.14. The number of aliphatic hydroxyl groups excluding tert-OH is 1. The van der Waals surface area contributed by atoms with Crippen molar-refractivity contribution in [3.05, 3.63) is 29.8 Å². The lowest BCUT2D eigenvalue weighted by molar-refractivity contribution is 0.0654. The number of aliphatic hydroxyl groups is 1. The normalized spacial score (nSPS) is 12.5. The average molecular weight is 264 g/mol. The molecule has 4 heteroatoms. The third-order valence-corrected chi connectivity index (χ3v) is 3.30. The van der Waals surface area contributed by atoms with Crippen LogP contribution in [-0.2, 0) is 0 Å². The van der Waals surface area contributed by atoms with Gasteiger partial charge in [-0.2, -0.15) is 0 Å². The molecule has 1 atom stereocenters. The number of nitrogens with zero attached hydrogens (tertiary/aromatic N) is 2. The van der Waals surface area contributed by atoms with Crippen molar-refractivity contribution in [2.45, 2.75) is 20.0 Å². The quantitative estimate of drug-likeness (QED) is 0.760. The first-order chi connectivity index (χ1) is 8.99. The van der Waals surface area contributed by atoms with Gasteiger partial charge in [-0.3, -0.25) is 4.79 Å². The zero-order valence-corrected chi connectivity index (χ0v) is 12.3. The van der Waals surface area contributed by atoms with Gasteiger partial charge in [-0.1, -0.05) is 13.8 Å². The molecule has 0 bridgehead atoms. The molecule has 0 amide bonds. The molecule has 1 unspecified atom stereocenters. The average Bonchev–Trinajstić information content (AvgIpc) is 2.43. The van der Waals surface area contributed by atoms with Crippen LogP contribution in [0.1, 0.15) is 24.2 Å². The highest BCUT2D eigenvalue weighted by atomic mass is 16.3. The summed E-state index contributed by atoms with van der Waals surface area (Å²) in [4.78, 5) is 16.1. The van der Waals surface area contributed by atoms with Gasteiger partial charge < -0.3 is 14.9 Å². The molecule has 0 aromatic heterocycles. The maximum Gasteiger partial charge on any atom is 0.192 e. The number of hydrogen-bond donors (Lipinski definition) is 1. The molecule has 106 valence electrons. The van der Waals surface area contributed by atoms with Crippen LogP contribution in [0.15, 0.2) is 24.3 Å². The smallest absolute Gasteiger partial charge is 0.192 e. The van der Waals surface area contributed by atoms with Gasteiger partial charge in [0.05, 0.1) is 0 Å². The van der Waals surface area contributed by atoms with E-state index in [4.69, 9.17) is 0 Å². The minimum atomic E-state index is -0.954. The van der Waals surface area contributed by atoms with Crippen LogP contribution in [-0.4, -0.2) is 55.6 Å². The molecular formula is C15H24N2O2. The SMILES string of the molecule is CCN(CC)CC(O)C(=O)c1ccc(N(C)C)cc1. The van der Waals surface area contributed by atoms with Crippen molar-refractivity contribution in [3.63, 3.8) is 0 Å². The maximum atomic E-state index is 12.1. The molecule has 0 spiro atoms. The van der Waals surface area contributed by atoms with Crippen molar-refractivity contribution < 1.29 is 9.90 Å². The Bertz CT molecular complexity index is 397. The zero-order chi connectivity index (χ0) is 14.4. The minimum Gasteiger partial charge on any atom is -0.384 e. The summed E-state index contributed by atoms with van der Waals surface area (Å²) >= 11 is 0. The number of carbonyl (C=O) groups excluding carboxylic acids is 1. The molecule has 1 N–H and O–H groups in total. The van der Waals surface area contributed by atoms with Crippen molar-refractivity contribution in [1.29, 1.82) is 0 Å². The standard InChI is InChI=1S/C15H24N2O2/c1-5-17(6-2)11-14(18)15(19)12-7-9-13(10-8-12)16(3)4/h7-10,14,18H,5-6,11H2,1-4H3. The van der Waals surface area contributed by atoms with E-state index in [0.29, 0.717) is 12.1 Å². The summed E-state index contributed by atoms with van der Waals surface area (Å²) in [7, 11) is 3.90. The summed E-state index contributed by atoms with van der Waals surface area (Å²) in [6.45, 7) is 6.10. The largest absolute Gasteiger partial charge is 0.384 e. The van der Waals surface area contributed by atoms with Gasteiger partial charge in [0, 0.05) is 31.9 Å². The summed E-state index contributed by atoms with van der Waals surface area (Å²) in [5.74, 6) is -0.211. The summed E-state index contributed by atoms with van der Waals surface area (Å²) < 4.78 is 0. The Morgan fingerprint density at radius 2 is 1.68 bits per heavy atom. The van der Waals surface area contributed by atoms with Crippen LogP contribution in [0.25, 0.3) is 0 Å². The predicted molar refractivity (Wildman–Crippen MR) is 78.9 cm³/mol. The number of anilines is 1. The molecule has 0 saturated heterocycles. The molecule has 1 aromatic rings. The van der Waals surface area contributed by atoms with Gasteiger partial charge in [-0.25, -0.2) is 0 Å². The summed E-state index contributed by atoms with van der Waals surface area (Å²) in [5.41, 5.74) is 1.60. The minimum absolute atomic E-state index is 0.211. The van der Waals surface area contributed by atoms with Gasteiger partial charge in [-0.05, 0) is 37.4 Å². The Morgan fingerprint density at radius 1 is 1.16 bits per heavy atom. The van der Waals surface area contributed by atoms with Crippen LogP contribution in [0.4, 0.5) is 5.69 Å². The maximum absolute atomic E-state index is 12.1. The third kappa shape index (κ3) is 4.33. The van der Waals surface area contributed by atoms with Crippen molar-refractivity contribution >= 4 is 11.5 Å². The van der Waals surface area contributed by atoms with Crippen LogP contribution in [0.5, 0.6) is 0 Å². The number of ketones is 1. The summed E-state index contributed by atoms with van der Waals surface area (Å²) in [5, 5.41) is 9.98. The van der Waals surface area contributed by atoms with Crippen molar-refractivity contribution in [2.24, 2.45) is 0 Å². The number of Topliss-reactive ketones (excluding diaryl/α,β-unsaturated/α-hetero) is 1. The molecule has 0 saturated carbocycles. The van der Waals surface area contributed by atoms with Crippen LogP contribution in [0, 0.1) is 0 Å². The third-order valence-electron chi connectivity index (χ3n) is 3.30. The Labute approximate surface area is 115 Å². The second kappa shape index (κ2) is 7.26. The van der Waals surface area contributed by atoms with Gasteiger partial charge in [0.15, 0.2) is 5.78 Å². The lowest BCUT2D eigenvalue weighted by Gasteiger charge is -2.21. The first-order valence-corrected chi connectivity index (χ1v) is 6.71. The molecule has 4 nitrogen and oxygen atoms in total. The molecule has 0 aliphatic carbocycles. The number of benzene rings is 1. The van der Waals surface area contributed by atoms with Gasteiger partial charge in [-0.15, -0.1) is 0 Å². The van der Waals surface area contributed by atoms with E-state index in [9.17, 15) is 9.90 Å². The van der Waals surface area contributed by atoms with E-state index in [0.717, 1.165) is 18.8 Å². The summed E-state index contributed by atoms with van der Waals surface area (Å²) in [6, 6.07) is 7.31. The van der Waals surface area contributed by atoms with Crippen LogP contribution >= 0.6 is 0 Å². The molecule has 19 heavy (non-hydrogen) atoms. The van der Waals surface area contributed by atoms with Crippen LogP contribution in [0.3, 0.4) is 0 Å². The Morgan fingerprint density at radius 3 is 2.11 bits per heavy atom. The zero-order valence-electron chi connectivity index (χ0n) is 12.3. The molecule has 0 radical (unpaired) electrons. The first-order valence-electron chi connectivity index (χ1n) is 6.71. The second-order valence-electron chi connectivity index (χ2n) is 4.81. The van der Waals surface area contributed by atoms with E-state index in [2.05, 4.69) is 0 Å². The molecular weight excluding hydrogens is 240 g/mol. The fourth-order valence-corrected chi connectivity index (χ4v) is 1.93. The van der Waals surface area contributed by atoms with Crippen molar-refractivity contribution in [2.75, 3.05) is 38.6 Å². The van der Waals surface area contributed by atoms with Crippen molar-refractivity contribution in [3.8, 4) is 0 Å². The number of likely N-dealkylation sites (N-methyl/N-ethyl adjacent to an activating group) is 1. The first kappa shape index (κ1) is 15.7. The van der Waals surface area contributed by atoms with E-state index in [1.165, 1.54) is 0 Å². The molecule has 1 rings (SSSR count). The van der Waals surface area contributed by atoms with E-state index in [1.54, 1.807) is 12.1 Å². The lowest BCUT2D eigenvalue weighted by Crippen LogP contribution is -2.36. The van der Waals surface area contributed by atoms with Gasteiger partial charge in [0.1, 0.15) is 6.10 Å². The van der Waals surface area contributed by atoms with Gasteiger partial charge in [0.25, 0.3) is 0 Å². The Hall–Kier alpha value is -1.39.